The van der Waals surface area contributed by atoms with Gasteiger partial charge < -0.3 is 23.4 Å². The molecule has 0 saturated carbocycles. The molecule has 8 nitrogen and oxygen atoms in total. The fraction of sp³-hybridized carbons (Fsp3) is 0.267. The number of hydrogen-bond donors (Lipinski definition) is 0. The molecule has 0 spiro atoms. The van der Waals surface area contributed by atoms with E-state index in [4.69, 9.17) is 20.1 Å². The first-order chi connectivity index (χ1) is 25.4. The zero-order valence-corrected chi connectivity index (χ0v) is 31.0. The zero-order valence-electron chi connectivity index (χ0n) is 31.0. The van der Waals surface area contributed by atoms with Gasteiger partial charge in [0.15, 0.2) is 5.58 Å². The highest BCUT2D eigenvalue weighted by Gasteiger charge is 2.42. The Hall–Kier alpha value is -6.07. The van der Waals surface area contributed by atoms with Crippen LogP contribution in [0.25, 0.3) is 44.8 Å². The number of allylic oxidation sites excluding steroid dienone is 5. The van der Waals surface area contributed by atoms with E-state index in [9.17, 15) is 4.79 Å². The summed E-state index contributed by atoms with van der Waals surface area (Å²) in [6.07, 6.45) is 12.9. The van der Waals surface area contributed by atoms with Crippen molar-refractivity contribution in [2.45, 2.75) is 51.4 Å². The molecule has 0 N–H and O–H groups in total. The largest absolute Gasteiger partial charge is 0.457 e. The van der Waals surface area contributed by atoms with Gasteiger partial charge in [-0.3, -0.25) is 0 Å². The van der Waals surface area contributed by atoms with E-state index in [1.807, 2.05) is 73.6 Å². The summed E-state index contributed by atoms with van der Waals surface area (Å²) < 4.78 is 18.6. The predicted octanol–water partition coefficient (Wildman–Crippen LogP) is 10.0. The number of hydrogen-bond acceptors (Lipinski definition) is 7. The molecular weight excluding hydrogens is 661 g/mol. The van der Waals surface area contributed by atoms with Crippen LogP contribution in [0.5, 0.6) is 0 Å². The topological polar surface area (TPSA) is 76.3 Å². The van der Waals surface area contributed by atoms with Crippen LogP contribution in [0.3, 0.4) is 0 Å². The van der Waals surface area contributed by atoms with Crippen molar-refractivity contribution >= 4 is 51.3 Å². The van der Waals surface area contributed by atoms with Gasteiger partial charge >= 0.3 is 5.63 Å². The molecule has 0 fully saturated rings. The van der Waals surface area contributed by atoms with Crippen LogP contribution in [-0.2, 0) is 15.6 Å². The van der Waals surface area contributed by atoms with E-state index in [1.165, 1.54) is 11.3 Å². The van der Waals surface area contributed by atoms with Crippen LogP contribution < -0.4 is 15.4 Å². The molecule has 5 aromatic rings. The Morgan fingerprint density at radius 2 is 1.58 bits per heavy atom. The standard InChI is InChI=1S/C45H42N4O4/c1-44(2)20-22-49-23-21-45(3,4)38-40(49)35(44)27-31-24-29(43(50)53-41(31)38)15-19-34-26-30(39(46-5)42-47-36-10-8-9-11-37(36)52-42)25-33(51-34)18-14-28-12-16-32(17-13-28)48(6)7/h8-19,24-27H,20-23H2,1-4,6-7H3. The zero-order chi connectivity index (χ0) is 37.1. The first-order valence-electron chi connectivity index (χ1n) is 18.0. The van der Waals surface area contributed by atoms with Crippen LogP contribution in [-0.4, -0.2) is 32.2 Å². The Kier molecular flexibility index (Phi) is 8.26. The lowest BCUT2D eigenvalue weighted by atomic mass is 9.69. The number of rotatable bonds is 6. The lowest BCUT2D eigenvalue weighted by Crippen LogP contribution is -2.44. The van der Waals surface area contributed by atoms with Crippen LogP contribution in [0.1, 0.15) is 68.7 Å². The summed E-state index contributed by atoms with van der Waals surface area (Å²) in [4.78, 5) is 26.6. The molecule has 0 aliphatic carbocycles. The summed E-state index contributed by atoms with van der Waals surface area (Å²) in [5.41, 5.74) is 8.40. The van der Waals surface area contributed by atoms with Gasteiger partial charge in [-0.05, 0) is 107 Å². The van der Waals surface area contributed by atoms with Gasteiger partial charge in [-0.15, -0.1) is 0 Å². The number of para-hydroxylation sites is 2. The maximum atomic E-state index is 13.7. The highest BCUT2D eigenvalue weighted by Crippen LogP contribution is 2.51. The third-order valence-electron chi connectivity index (χ3n) is 10.7. The monoisotopic (exact) mass is 702 g/mol. The second-order valence-corrected chi connectivity index (χ2v) is 15.6. The van der Waals surface area contributed by atoms with Gasteiger partial charge in [-0.25, -0.2) is 14.6 Å². The molecule has 0 radical (unpaired) electrons. The van der Waals surface area contributed by atoms with Gasteiger partial charge in [0.25, 0.3) is 5.70 Å². The smallest absolute Gasteiger partial charge is 0.343 e. The number of oxazole rings is 1. The average molecular weight is 703 g/mol. The van der Waals surface area contributed by atoms with Gasteiger partial charge in [0.2, 0.25) is 5.89 Å². The molecule has 2 aromatic heterocycles. The summed E-state index contributed by atoms with van der Waals surface area (Å²) in [5.74, 6) is 1.19. The van der Waals surface area contributed by atoms with Crippen molar-refractivity contribution < 1.29 is 13.6 Å². The van der Waals surface area contributed by atoms with E-state index >= 15 is 0 Å². The highest BCUT2D eigenvalue weighted by molar-refractivity contribution is 5.91. The molecule has 5 heterocycles. The molecule has 0 saturated heterocycles. The van der Waals surface area contributed by atoms with Crippen molar-refractivity contribution in [1.82, 2.24) is 4.98 Å². The molecule has 3 aliphatic heterocycles. The minimum absolute atomic E-state index is 0.00221. The Morgan fingerprint density at radius 3 is 2.28 bits per heavy atom. The molecule has 0 amide bonds. The number of anilines is 2. The molecule has 0 atom stereocenters. The third kappa shape index (κ3) is 6.27. The van der Waals surface area contributed by atoms with E-state index in [1.54, 1.807) is 24.3 Å². The fourth-order valence-corrected chi connectivity index (χ4v) is 7.57. The molecule has 3 aliphatic rings. The Balaban J connectivity index is 1.20. The maximum Gasteiger partial charge on any atom is 0.343 e. The number of aromatic nitrogens is 1. The summed E-state index contributed by atoms with van der Waals surface area (Å²) in [5, 5.41) is 0.914. The predicted molar refractivity (Wildman–Crippen MR) is 214 cm³/mol. The molecular formula is C45H42N4O4. The minimum atomic E-state index is -0.412. The molecule has 0 unspecified atom stereocenters. The van der Waals surface area contributed by atoms with Gasteiger partial charge in [0, 0.05) is 49.5 Å². The minimum Gasteiger partial charge on any atom is -0.457 e. The van der Waals surface area contributed by atoms with Crippen molar-refractivity contribution in [2.75, 3.05) is 37.0 Å². The number of benzene rings is 3. The highest BCUT2D eigenvalue weighted by atomic mass is 16.5. The molecule has 53 heavy (non-hydrogen) atoms. The van der Waals surface area contributed by atoms with E-state index < -0.39 is 5.63 Å². The summed E-state index contributed by atoms with van der Waals surface area (Å²) in [6, 6.07) is 19.8. The first kappa shape index (κ1) is 34.0. The third-order valence-corrected chi connectivity index (χ3v) is 10.7. The summed E-state index contributed by atoms with van der Waals surface area (Å²) >= 11 is 0. The van der Waals surface area contributed by atoms with Crippen molar-refractivity contribution in [3.8, 4) is 0 Å². The van der Waals surface area contributed by atoms with Gasteiger partial charge in [-0.2, -0.15) is 0 Å². The number of ether oxygens (including phenoxy) is 1. The normalized spacial score (nSPS) is 18.5. The first-order valence-corrected chi connectivity index (χ1v) is 18.0. The number of nitrogens with zero attached hydrogens (tertiary/aromatic N) is 4. The average Bonchev–Trinajstić information content (AvgIpc) is 3.56. The fourth-order valence-electron chi connectivity index (χ4n) is 7.57. The van der Waals surface area contributed by atoms with Gasteiger partial charge in [0.05, 0.1) is 12.1 Å². The molecule has 8 heteroatoms. The van der Waals surface area contributed by atoms with E-state index in [-0.39, 0.29) is 22.4 Å². The van der Waals surface area contributed by atoms with Crippen molar-refractivity contribution in [1.29, 1.82) is 0 Å². The quantitative estimate of drug-likeness (QED) is 0.129. The Labute approximate surface area is 309 Å². The molecule has 3 aromatic carbocycles. The summed E-state index contributed by atoms with van der Waals surface area (Å²) in [7, 11) is 4.01. The van der Waals surface area contributed by atoms with Gasteiger partial charge in [0.1, 0.15) is 22.6 Å². The van der Waals surface area contributed by atoms with Crippen LogP contribution in [0, 0.1) is 6.57 Å². The summed E-state index contributed by atoms with van der Waals surface area (Å²) in [6.45, 7) is 19.2. The Bertz CT molecular complexity index is 2510. The van der Waals surface area contributed by atoms with Crippen LogP contribution in [0.4, 0.5) is 11.4 Å². The van der Waals surface area contributed by atoms with Crippen LogP contribution in [0.2, 0.25) is 0 Å². The van der Waals surface area contributed by atoms with E-state index in [2.05, 4.69) is 60.6 Å². The maximum absolute atomic E-state index is 13.7. The van der Waals surface area contributed by atoms with Crippen molar-refractivity contribution in [3.05, 3.63) is 152 Å². The molecule has 0 bridgehead atoms. The van der Waals surface area contributed by atoms with Crippen molar-refractivity contribution in [2.24, 2.45) is 0 Å². The lowest BCUT2D eigenvalue weighted by Gasteiger charge is -2.48. The number of fused-ring (bicyclic) bond motifs is 3. The van der Waals surface area contributed by atoms with Gasteiger partial charge in [-0.1, -0.05) is 58.0 Å². The second kappa shape index (κ2) is 12.9. The SMILES string of the molecule is [C-]#[N+]C(=C1C=C(C=Cc2ccc(N(C)C)cc2)OC(C=Cc2cc3cc4c5c(c3oc2=O)C(C)(C)CCN5CCC4(C)C)=C1)c1nc2ccccc2o1. The lowest BCUT2D eigenvalue weighted by molar-refractivity contribution is 0.332. The van der Waals surface area contributed by atoms with Crippen LogP contribution in [0.15, 0.2) is 116 Å². The Morgan fingerprint density at radius 1 is 0.887 bits per heavy atom. The molecule has 266 valence electrons. The van der Waals surface area contributed by atoms with Crippen LogP contribution >= 0.6 is 0 Å². The van der Waals surface area contributed by atoms with E-state index in [0.717, 1.165) is 48.1 Å². The second-order valence-electron chi connectivity index (χ2n) is 15.6. The van der Waals surface area contributed by atoms with E-state index in [0.29, 0.717) is 39.3 Å². The van der Waals surface area contributed by atoms with Crippen molar-refractivity contribution in [3.63, 3.8) is 0 Å². The molecule has 8 rings (SSSR count).